The summed E-state index contributed by atoms with van der Waals surface area (Å²) in [6.45, 7) is 1.66. The Hall–Kier alpha value is 0.0969. The molecule has 0 N–H and O–H groups in total. The van der Waals surface area contributed by atoms with Crippen molar-refractivity contribution in [1.82, 2.24) is 0 Å². The van der Waals surface area contributed by atoms with Crippen molar-refractivity contribution in [3.8, 4) is 0 Å². The number of hydrogen-bond acceptors (Lipinski definition) is 3. The molecule has 0 bridgehead atoms. The molecule has 0 aliphatic carbocycles. The third-order valence-corrected chi connectivity index (χ3v) is 1.67. The Morgan fingerprint density at radius 2 is 1.71 bits per heavy atom. The van der Waals surface area contributed by atoms with Gasteiger partial charge in [0.2, 0.25) is 0 Å². The van der Waals surface area contributed by atoms with Crippen LogP contribution in [0.5, 0.6) is 0 Å². The van der Waals surface area contributed by atoms with Gasteiger partial charge in [0.25, 0.3) is 0 Å². The zero-order valence-electron chi connectivity index (χ0n) is 4.14. The molecule has 0 unspecified atom stereocenters. The minimum Gasteiger partial charge on any atom is -0.881 e. The van der Waals surface area contributed by atoms with Crippen molar-refractivity contribution < 1.29 is 14.4 Å². The molecule has 0 spiro atoms. The van der Waals surface area contributed by atoms with Crippen LogP contribution >= 0.6 is 0 Å². The topological polar surface area (TPSA) is 69.2 Å². The summed E-state index contributed by atoms with van der Waals surface area (Å²) in [5.41, 5.74) is 0. The van der Waals surface area contributed by atoms with Crippen LogP contribution in [0.4, 0.5) is 0 Å². The van der Waals surface area contributed by atoms with Gasteiger partial charge in [0, 0.05) is 0 Å². The first kappa shape index (κ1) is 7.10. The molecule has 0 saturated heterocycles. The van der Waals surface area contributed by atoms with Gasteiger partial charge in [0.15, 0.2) is 0 Å². The van der Waals surface area contributed by atoms with Crippen molar-refractivity contribution in [1.29, 1.82) is 0 Å². The summed E-state index contributed by atoms with van der Waals surface area (Å²) < 4.78 is 0. The third-order valence-electron chi connectivity index (χ3n) is 0.556. The first-order chi connectivity index (χ1) is 3.06. The molecule has 0 rings (SSSR count). The number of rotatable bonds is 2. The second kappa shape index (κ2) is 2.42. The zero-order valence-corrected chi connectivity index (χ0v) is 5.14. The second-order valence-electron chi connectivity index (χ2n) is 1.43. The van der Waals surface area contributed by atoms with E-state index in [9.17, 15) is 14.4 Å². The fourth-order valence-corrected chi connectivity index (χ4v) is 0.919. The molecule has 4 heteroatoms. The molecule has 0 aromatic heterocycles. The fourth-order valence-electron chi connectivity index (χ4n) is 0.306. The molecular formula is C3H7O3Si-3. The molecule has 0 saturated carbocycles. The summed E-state index contributed by atoms with van der Waals surface area (Å²) in [5.74, 6) is 0. The van der Waals surface area contributed by atoms with Gasteiger partial charge in [-0.15, -0.1) is 6.04 Å². The van der Waals surface area contributed by atoms with Gasteiger partial charge >= 0.3 is 0 Å². The highest BCUT2D eigenvalue weighted by atomic mass is 28.4. The summed E-state index contributed by atoms with van der Waals surface area (Å²) in [6.07, 6.45) is 0.433. The monoisotopic (exact) mass is 119 g/mol. The molecule has 7 heavy (non-hydrogen) atoms. The maximum atomic E-state index is 9.73. The predicted octanol–water partition coefficient (Wildman–Crippen LogP) is -2.58. The van der Waals surface area contributed by atoms with Crippen LogP contribution < -0.4 is 14.4 Å². The van der Waals surface area contributed by atoms with E-state index in [1.807, 2.05) is 0 Å². The zero-order chi connectivity index (χ0) is 5.91. The molecule has 0 amide bonds. The van der Waals surface area contributed by atoms with E-state index in [1.165, 1.54) is 0 Å². The van der Waals surface area contributed by atoms with Crippen LogP contribution in [0.1, 0.15) is 13.3 Å². The summed E-state index contributed by atoms with van der Waals surface area (Å²) in [5, 5.41) is 0. The maximum absolute atomic E-state index is 9.73. The lowest BCUT2D eigenvalue weighted by atomic mass is 10.6. The van der Waals surface area contributed by atoms with Crippen molar-refractivity contribution in [2.45, 2.75) is 19.4 Å². The van der Waals surface area contributed by atoms with Gasteiger partial charge in [0.1, 0.15) is 0 Å². The minimum absolute atomic E-state index is 0.188. The van der Waals surface area contributed by atoms with Gasteiger partial charge < -0.3 is 14.4 Å². The summed E-state index contributed by atoms with van der Waals surface area (Å²) in [4.78, 5) is 29.2. The van der Waals surface area contributed by atoms with E-state index in [-0.39, 0.29) is 6.04 Å². The number of hydrogen-bond donors (Lipinski definition) is 0. The van der Waals surface area contributed by atoms with Crippen LogP contribution in [-0.4, -0.2) is 8.80 Å². The Morgan fingerprint density at radius 3 is 1.71 bits per heavy atom. The van der Waals surface area contributed by atoms with E-state index in [2.05, 4.69) is 0 Å². The standard InChI is InChI=1S/C3H7O3Si/c1-2-3-7(4,5)6/h2-3H2,1H3/q-3. The molecule has 0 aromatic rings. The molecule has 44 valence electrons. The van der Waals surface area contributed by atoms with E-state index >= 15 is 0 Å². The lowest BCUT2D eigenvalue weighted by Crippen LogP contribution is -2.72. The van der Waals surface area contributed by atoms with Crippen LogP contribution in [-0.2, 0) is 0 Å². The Kier molecular flexibility index (Phi) is 2.45. The fraction of sp³-hybridized carbons (Fsp3) is 1.00. The Morgan fingerprint density at radius 1 is 1.29 bits per heavy atom. The molecule has 0 aliphatic rings. The summed E-state index contributed by atoms with van der Waals surface area (Å²) in [6, 6.07) is -0.188. The van der Waals surface area contributed by atoms with E-state index in [0.717, 1.165) is 0 Å². The second-order valence-corrected chi connectivity index (χ2v) is 3.30. The van der Waals surface area contributed by atoms with E-state index in [0.29, 0.717) is 6.42 Å². The van der Waals surface area contributed by atoms with Gasteiger partial charge in [-0.1, -0.05) is 13.3 Å². The van der Waals surface area contributed by atoms with Crippen molar-refractivity contribution in [3.05, 3.63) is 0 Å². The SMILES string of the molecule is CCC[Si]([O-])([O-])[O-]. The molecule has 3 nitrogen and oxygen atoms in total. The van der Waals surface area contributed by atoms with Crippen LogP contribution in [0, 0.1) is 0 Å². The van der Waals surface area contributed by atoms with Gasteiger partial charge in [-0.05, 0) is 0 Å². The normalized spacial score (nSPS) is 12.0. The minimum atomic E-state index is -4.41. The Bertz CT molecular complexity index is 48.6. The van der Waals surface area contributed by atoms with Crippen molar-refractivity contribution in [3.63, 3.8) is 0 Å². The van der Waals surface area contributed by atoms with Crippen molar-refractivity contribution >= 4 is 8.80 Å². The Balaban J connectivity index is 3.15. The highest BCUT2D eigenvalue weighted by Gasteiger charge is 1.77. The van der Waals surface area contributed by atoms with Crippen LogP contribution in [0.2, 0.25) is 6.04 Å². The molecule has 0 radical (unpaired) electrons. The Labute approximate surface area is 43.6 Å². The summed E-state index contributed by atoms with van der Waals surface area (Å²) in [7, 11) is -4.41. The van der Waals surface area contributed by atoms with Crippen LogP contribution in [0.3, 0.4) is 0 Å². The smallest absolute Gasteiger partial charge is 0.0625 e. The first-order valence-electron chi connectivity index (χ1n) is 2.17. The highest BCUT2D eigenvalue weighted by Crippen LogP contribution is 1.87. The van der Waals surface area contributed by atoms with Crippen molar-refractivity contribution in [2.75, 3.05) is 0 Å². The molecule has 0 heterocycles. The van der Waals surface area contributed by atoms with Crippen molar-refractivity contribution in [2.24, 2.45) is 0 Å². The van der Waals surface area contributed by atoms with E-state index < -0.39 is 8.80 Å². The molecular weight excluding hydrogens is 112 g/mol. The lowest BCUT2D eigenvalue weighted by Gasteiger charge is -2.56. The van der Waals surface area contributed by atoms with E-state index in [4.69, 9.17) is 0 Å². The van der Waals surface area contributed by atoms with Crippen LogP contribution in [0.25, 0.3) is 0 Å². The van der Waals surface area contributed by atoms with Gasteiger partial charge in [-0.2, -0.15) is 0 Å². The third kappa shape index (κ3) is 6.10. The van der Waals surface area contributed by atoms with Gasteiger partial charge in [0.05, 0.1) is 0 Å². The average molecular weight is 119 g/mol. The van der Waals surface area contributed by atoms with Gasteiger partial charge in [-0.25, -0.2) is 0 Å². The lowest BCUT2D eigenvalue weighted by molar-refractivity contribution is -0.506. The van der Waals surface area contributed by atoms with Crippen LogP contribution in [0.15, 0.2) is 0 Å². The van der Waals surface area contributed by atoms with E-state index in [1.54, 1.807) is 6.92 Å². The quantitative estimate of drug-likeness (QED) is 0.375. The first-order valence-corrected chi connectivity index (χ1v) is 4.10. The average Bonchev–Trinajstić information content (AvgIpc) is 1.30. The summed E-state index contributed by atoms with van der Waals surface area (Å²) >= 11 is 0. The molecule has 0 aliphatic heterocycles. The molecule has 0 fully saturated rings. The maximum Gasteiger partial charge on any atom is -0.0625 e. The molecule has 0 atom stereocenters. The molecule has 0 aromatic carbocycles. The highest BCUT2D eigenvalue weighted by molar-refractivity contribution is 6.50. The van der Waals surface area contributed by atoms with Gasteiger partial charge in [-0.3, -0.25) is 8.80 Å². The largest absolute Gasteiger partial charge is 0.881 e. The predicted molar refractivity (Wildman–Crippen MR) is 20.9 cm³/mol.